The van der Waals surface area contributed by atoms with Gasteiger partial charge in [0.2, 0.25) is 0 Å². The fourth-order valence-corrected chi connectivity index (χ4v) is 7.45. The van der Waals surface area contributed by atoms with Gasteiger partial charge >= 0.3 is 11.9 Å². The Labute approximate surface area is 381 Å². The molecular formula is C47H75NO17. The number of ether oxygens (including phenoxy) is 3. The molecular weight excluding hydrogens is 851 g/mol. The van der Waals surface area contributed by atoms with E-state index in [1.165, 1.54) is 13.0 Å². The number of carbonyl (C=O) groups excluding carboxylic acids is 2. The Morgan fingerprint density at radius 3 is 1.83 bits per heavy atom. The molecule has 0 radical (unpaired) electrons. The standard InChI is InChI=1S/C47H75NO17/c1-27-17-15-13-11-9-7-5-6-8-10-12-14-16-18-35(65-47-45(60)42(48)44(59)30(4)64-47)26-39(56)41(46(61)62)38(55)24-34(52)23-37(54)36(53)20-19-31(49)21-32(50)22-33(51)25-40(57)63-29(3)28(2)43(27)58/h5-6,8,10-18,27-33,35-39,41-45,47,49-51,53-56,58-60H,7,9,19-26,48H2,1-4H3,(H,61,62)/b6-5+,10-8+,13-11+,14-12+,17-15+,18-16-. The van der Waals surface area contributed by atoms with Crippen LogP contribution < -0.4 is 5.73 Å². The lowest BCUT2D eigenvalue weighted by Crippen LogP contribution is -2.61. The van der Waals surface area contributed by atoms with Crippen LogP contribution in [0.25, 0.3) is 0 Å². The number of carbonyl (C=O) groups is 3. The maximum absolute atomic E-state index is 12.9. The van der Waals surface area contributed by atoms with E-state index in [2.05, 4.69) is 0 Å². The molecule has 2 rings (SSSR count). The molecule has 2 heterocycles. The molecule has 1 fully saturated rings. The molecule has 2 aliphatic heterocycles. The summed E-state index contributed by atoms with van der Waals surface area (Å²) in [6.45, 7) is 6.73. The first-order valence-corrected chi connectivity index (χ1v) is 22.4. The normalized spacial score (nSPS) is 42.5. The first kappa shape index (κ1) is 57.7. The molecule has 2 aliphatic rings. The van der Waals surface area contributed by atoms with Crippen molar-refractivity contribution in [3.05, 3.63) is 72.9 Å². The Balaban J connectivity index is 2.26. The second-order valence-corrected chi connectivity index (χ2v) is 17.4. The Bertz CT molecular complexity index is 1600. The molecule has 0 bridgehead atoms. The van der Waals surface area contributed by atoms with Gasteiger partial charge in [0.15, 0.2) is 6.29 Å². The van der Waals surface area contributed by atoms with Crippen LogP contribution >= 0.6 is 0 Å². The zero-order valence-electron chi connectivity index (χ0n) is 37.8. The van der Waals surface area contributed by atoms with Crippen LogP contribution in [-0.4, -0.2) is 166 Å². The molecule has 0 aromatic carbocycles. The van der Waals surface area contributed by atoms with Gasteiger partial charge in [-0.25, -0.2) is 0 Å². The summed E-state index contributed by atoms with van der Waals surface area (Å²) in [5.41, 5.74) is 5.96. The van der Waals surface area contributed by atoms with E-state index < -0.39 is 147 Å². The number of nitrogens with two attached hydrogens (primary N) is 1. The number of hydrogen-bond donors (Lipinski definition) is 12. The van der Waals surface area contributed by atoms with Gasteiger partial charge in [0, 0.05) is 31.1 Å². The van der Waals surface area contributed by atoms with Gasteiger partial charge in [-0.3, -0.25) is 14.4 Å². The van der Waals surface area contributed by atoms with Crippen LogP contribution in [0.3, 0.4) is 0 Å². The Morgan fingerprint density at radius 1 is 0.615 bits per heavy atom. The van der Waals surface area contributed by atoms with Gasteiger partial charge in [0.1, 0.15) is 23.9 Å². The zero-order valence-corrected chi connectivity index (χ0v) is 37.8. The number of Topliss-reactive ketones (excluding diaryl/α,β-unsaturated/α-hetero) is 1. The number of aliphatic hydroxyl groups excluding tert-OH is 10. The summed E-state index contributed by atoms with van der Waals surface area (Å²) in [5, 5.41) is 116. The monoisotopic (exact) mass is 926 g/mol. The molecule has 0 amide bonds. The third kappa shape index (κ3) is 21.4. The molecule has 18 heteroatoms. The van der Waals surface area contributed by atoms with Gasteiger partial charge in [0.25, 0.3) is 0 Å². The maximum atomic E-state index is 12.9. The molecule has 1 saturated heterocycles. The summed E-state index contributed by atoms with van der Waals surface area (Å²) in [6.07, 6.45) is 0.848. The van der Waals surface area contributed by atoms with Gasteiger partial charge in [-0.2, -0.15) is 0 Å². The van der Waals surface area contributed by atoms with Crippen molar-refractivity contribution in [1.29, 1.82) is 0 Å². The van der Waals surface area contributed by atoms with Crippen molar-refractivity contribution in [3.8, 4) is 0 Å². The summed E-state index contributed by atoms with van der Waals surface area (Å²) in [7, 11) is 0. The number of carboxylic acid groups (broad SMARTS) is 1. The number of esters is 1. The van der Waals surface area contributed by atoms with E-state index in [1.54, 1.807) is 44.2 Å². The number of ketones is 1. The van der Waals surface area contributed by atoms with Crippen LogP contribution in [0.15, 0.2) is 72.9 Å². The fraction of sp³-hybridized carbons (Fsp3) is 0.681. The average Bonchev–Trinajstić information content (AvgIpc) is 3.22. The van der Waals surface area contributed by atoms with Crippen molar-refractivity contribution in [3.63, 3.8) is 0 Å². The fourth-order valence-electron chi connectivity index (χ4n) is 7.45. The molecule has 65 heavy (non-hydrogen) atoms. The molecule has 0 aromatic heterocycles. The quantitative estimate of drug-likeness (QED) is 0.174. The molecule has 0 aliphatic carbocycles. The van der Waals surface area contributed by atoms with Crippen molar-refractivity contribution in [2.75, 3.05) is 0 Å². The Morgan fingerprint density at radius 2 is 1.18 bits per heavy atom. The summed E-state index contributed by atoms with van der Waals surface area (Å²) in [5.74, 6) is -5.88. The number of rotatable bonds is 3. The van der Waals surface area contributed by atoms with Crippen molar-refractivity contribution in [2.45, 2.75) is 184 Å². The zero-order chi connectivity index (χ0) is 48.8. The number of aliphatic carboxylic acids is 1. The van der Waals surface area contributed by atoms with Crippen LogP contribution in [0.5, 0.6) is 0 Å². The highest BCUT2D eigenvalue weighted by atomic mass is 16.7. The predicted octanol–water partition coefficient (Wildman–Crippen LogP) is 0.778. The van der Waals surface area contributed by atoms with Crippen LogP contribution in [-0.2, 0) is 28.6 Å². The maximum Gasteiger partial charge on any atom is 0.311 e. The van der Waals surface area contributed by atoms with Crippen molar-refractivity contribution in [2.24, 2.45) is 23.5 Å². The number of aliphatic hydroxyl groups is 10. The lowest BCUT2D eigenvalue weighted by atomic mass is 9.88. The van der Waals surface area contributed by atoms with Gasteiger partial charge < -0.3 is 76.1 Å². The van der Waals surface area contributed by atoms with Crippen LogP contribution in [0.4, 0.5) is 0 Å². The second-order valence-electron chi connectivity index (χ2n) is 17.4. The predicted molar refractivity (Wildman–Crippen MR) is 238 cm³/mol. The van der Waals surface area contributed by atoms with Crippen molar-refractivity contribution < 1.29 is 84.8 Å². The first-order chi connectivity index (χ1) is 30.6. The van der Waals surface area contributed by atoms with E-state index in [0.29, 0.717) is 0 Å². The van der Waals surface area contributed by atoms with Crippen LogP contribution in [0.2, 0.25) is 0 Å². The highest BCUT2D eigenvalue weighted by molar-refractivity contribution is 5.81. The lowest BCUT2D eigenvalue weighted by molar-refractivity contribution is -0.277. The minimum atomic E-state index is -1.95. The van der Waals surface area contributed by atoms with E-state index in [4.69, 9.17) is 19.9 Å². The van der Waals surface area contributed by atoms with Gasteiger partial charge in [0.05, 0.1) is 79.6 Å². The Hall–Kier alpha value is -3.47. The molecule has 18 atom stereocenters. The van der Waals surface area contributed by atoms with Gasteiger partial charge in [-0.1, -0.05) is 86.8 Å². The van der Waals surface area contributed by atoms with E-state index >= 15 is 0 Å². The number of hydrogen-bond acceptors (Lipinski definition) is 17. The smallest absolute Gasteiger partial charge is 0.311 e. The Kier molecular flexibility index (Phi) is 26.6. The molecule has 13 N–H and O–H groups in total. The highest BCUT2D eigenvalue weighted by Crippen LogP contribution is 2.26. The topological polar surface area (TPSA) is 327 Å². The summed E-state index contributed by atoms with van der Waals surface area (Å²) in [4.78, 5) is 37.8. The van der Waals surface area contributed by atoms with Gasteiger partial charge in [-0.15, -0.1) is 0 Å². The van der Waals surface area contributed by atoms with E-state index in [0.717, 1.165) is 12.8 Å². The number of allylic oxidation sites excluding steroid dienone is 10. The third-order valence-corrected chi connectivity index (χ3v) is 11.7. The molecule has 370 valence electrons. The molecule has 0 aromatic rings. The van der Waals surface area contributed by atoms with E-state index in [1.807, 2.05) is 43.4 Å². The number of cyclic esters (lactones) is 1. The van der Waals surface area contributed by atoms with Crippen LogP contribution in [0.1, 0.15) is 91.9 Å². The summed E-state index contributed by atoms with van der Waals surface area (Å²) in [6, 6.07) is -1.15. The lowest BCUT2D eigenvalue weighted by Gasteiger charge is -2.41. The third-order valence-electron chi connectivity index (χ3n) is 11.7. The molecule has 0 spiro atoms. The molecule has 18 unspecified atom stereocenters. The van der Waals surface area contributed by atoms with E-state index in [-0.39, 0.29) is 31.6 Å². The summed E-state index contributed by atoms with van der Waals surface area (Å²) < 4.78 is 17.0. The van der Waals surface area contributed by atoms with Crippen LogP contribution in [0, 0.1) is 17.8 Å². The minimum Gasteiger partial charge on any atom is -0.481 e. The van der Waals surface area contributed by atoms with E-state index in [9.17, 15) is 70.6 Å². The first-order valence-electron chi connectivity index (χ1n) is 22.4. The van der Waals surface area contributed by atoms with Gasteiger partial charge in [-0.05, 0) is 52.4 Å². The minimum absolute atomic E-state index is 0.144. The summed E-state index contributed by atoms with van der Waals surface area (Å²) >= 11 is 0. The SMILES string of the molecule is CC1/C=C/C=C/CC/C=C/C=C/C=C/C=C\C(OC2OC(C)C(O)C(N)C2O)CC(O)C(C(=O)O)C(O)CC(=O)CC(O)C(O)CCC(O)CC(O)CC(O)CC(=O)OC(C)C(C)C1O. The molecule has 0 saturated carbocycles. The van der Waals surface area contributed by atoms with Crippen molar-refractivity contribution >= 4 is 17.7 Å². The largest absolute Gasteiger partial charge is 0.481 e. The number of carboxylic acids is 1. The average molecular weight is 926 g/mol. The molecule has 18 nitrogen and oxygen atoms in total. The highest BCUT2D eigenvalue weighted by Gasteiger charge is 2.43. The second kappa shape index (κ2) is 30.0. The van der Waals surface area contributed by atoms with Crippen molar-refractivity contribution in [1.82, 2.24) is 0 Å².